The molecule has 2 heterocycles. The van der Waals surface area contributed by atoms with Crippen LogP contribution in [0.3, 0.4) is 0 Å². The van der Waals surface area contributed by atoms with Crippen molar-refractivity contribution in [3.8, 4) is 0 Å². The molecule has 0 saturated carbocycles. The fraction of sp³-hybridized carbons (Fsp3) is 0.500. The van der Waals surface area contributed by atoms with Crippen molar-refractivity contribution in [1.29, 1.82) is 0 Å². The van der Waals surface area contributed by atoms with E-state index < -0.39 is 27.1 Å². The maximum absolute atomic E-state index is 14.5. The van der Waals surface area contributed by atoms with Crippen LogP contribution in [0, 0.1) is 11.2 Å². The van der Waals surface area contributed by atoms with E-state index >= 15 is 0 Å². The van der Waals surface area contributed by atoms with E-state index in [1.54, 1.807) is 37.8 Å². The van der Waals surface area contributed by atoms with Crippen molar-refractivity contribution in [2.45, 2.75) is 32.1 Å². The zero-order chi connectivity index (χ0) is 18.6. The molecule has 0 aliphatic carbocycles. The third-order valence-electron chi connectivity index (χ3n) is 4.07. The summed E-state index contributed by atoms with van der Waals surface area (Å²) in [6.07, 6.45) is 0. The van der Waals surface area contributed by atoms with Crippen molar-refractivity contribution in [3.63, 3.8) is 0 Å². The largest absolute Gasteiger partial charge is 0.313 e. The highest BCUT2D eigenvalue weighted by Gasteiger charge is 2.50. The first-order valence-electron chi connectivity index (χ1n) is 7.72. The van der Waals surface area contributed by atoms with Crippen LogP contribution in [0.15, 0.2) is 27.7 Å². The molecular weight excluding hydrogens is 431 g/mol. The van der Waals surface area contributed by atoms with Gasteiger partial charge in [-0.3, -0.25) is 4.79 Å². The third-order valence-corrected chi connectivity index (χ3v) is 7.78. The molecule has 136 valence electrons. The van der Waals surface area contributed by atoms with Crippen LogP contribution in [-0.4, -0.2) is 42.3 Å². The Bertz CT molecular complexity index is 865. The summed E-state index contributed by atoms with van der Waals surface area (Å²) in [6.45, 7) is 5.28. The number of benzene rings is 1. The van der Waals surface area contributed by atoms with Crippen LogP contribution in [-0.2, 0) is 14.6 Å². The number of thioether (sulfide) groups is 1. The summed E-state index contributed by atoms with van der Waals surface area (Å²) in [4.78, 5) is 18.1. The molecule has 1 amide bonds. The second kappa shape index (κ2) is 6.35. The van der Waals surface area contributed by atoms with E-state index in [1.165, 1.54) is 17.8 Å². The van der Waals surface area contributed by atoms with Crippen molar-refractivity contribution in [2.75, 3.05) is 16.4 Å². The highest BCUT2D eigenvalue weighted by molar-refractivity contribution is 9.10. The van der Waals surface area contributed by atoms with Gasteiger partial charge in [-0.1, -0.05) is 48.5 Å². The van der Waals surface area contributed by atoms with Crippen molar-refractivity contribution >= 4 is 54.3 Å². The summed E-state index contributed by atoms with van der Waals surface area (Å²) in [5.41, 5.74) is -0.429. The second-order valence-corrected chi connectivity index (χ2v) is 11.5. The number of hydrogen-bond donors (Lipinski definition) is 0. The number of hydrogen-bond acceptors (Lipinski definition) is 4. The van der Waals surface area contributed by atoms with Crippen LogP contribution < -0.4 is 4.90 Å². The minimum Gasteiger partial charge on any atom is -0.313 e. The predicted molar refractivity (Wildman–Crippen MR) is 102 cm³/mol. The lowest BCUT2D eigenvalue weighted by atomic mass is 9.96. The molecule has 0 N–H and O–H groups in total. The molecule has 0 spiro atoms. The third kappa shape index (κ3) is 3.78. The molecule has 0 bridgehead atoms. The number of halogens is 2. The first-order valence-corrected chi connectivity index (χ1v) is 11.2. The minimum absolute atomic E-state index is 0.0136. The van der Waals surface area contributed by atoms with Gasteiger partial charge in [0.1, 0.15) is 5.82 Å². The first-order chi connectivity index (χ1) is 11.5. The van der Waals surface area contributed by atoms with Crippen molar-refractivity contribution in [3.05, 3.63) is 28.5 Å². The van der Waals surface area contributed by atoms with Crippen LogP contribution in [0.4, 0.5) is 10.1 Å². The van der Waals surface area contributed by atoms with E-state index in [-0.39, 0.29) is 28.4 Å². The van der Waals surface area contributed by atoms with Gasteiger partial charge in [0.25, 0.3) is 5.91 Å². The maximum Gasteiger partial charge on any atom is 0.253 e. The van der Waals surface area contributed by atoms with E-state index in [4.69, 9.17) is 0 Å². The summed E-state index contributed by atoms with van der Waals surface area (Å²) < 4.78 is 39.1. The zero-order valence-corrected chi connectivity index (χ0v) is 17.2. The predicted octanol–water partition coefficient (Wildman–Crippen LogP) is 3.24. The van der Waals surface area contributed by atoms with Crippen molar-refractivity contribution < 1.29 is 17.6 Å². The lowest BCUT2D eigenvalue weighted by Gasteiger charge is -2.25. The zero-order valence-electron chi connectivity index (χ0n) is 14.0. The van der Waals surface area contributed by atoms with E-state index in [0.29, 0.717) is 9.64 Å². The Morgan fingerprint density at radius 3 is 2.64 bits per heavy atom. The minimum atomic E-state index is -3.18. The molecule has 2 aliphatic rings. The molecule has 1 aromatic rings. The SMILES string of the molecule is CC(C)(C)C(=O)N=C1S[C@@H]2CS(=O)(=O)C[C@@H]2N1c1ccc(Br)cc1F. The summed E-state index contributed by atoms with van der Waals surface area (Å²) in [6, 6.07) is 4.16. The Morgan fingerprint density at radius 1 is 1.36 bits per heavy atom. The molecule has 2 fully saturated rings. The number of amidine groups is 1. The van der Waals surface area contributed by atoms with Gasteiger partial charge in [-0.25, -0.2) is 12.8 Å². The Hall–Kier alpha value is -0.930. The smallest absolute Gasteiger partial charge is 0.253 e. The van der Waals surface area contributed by atoms with Crippen molar-refractivity contribution in [2.24, 2.45) is 10.4 Å². The quantitative estimate of drug-likeness (QED) is 0.659. The molecule has 1 aromatic carbocycles. The molecule has 3 rings (SSSR count). The number of amides is 1. The molecule has 2 atom stereocenters. The summed E-state index contributed by atoms with van der Waals surface area (Å²) in [5, 5.41) is 0.116. The average Bonchev–Trinajstić information content (AvgIpc) is 2.90. The number of rotatable bonds is 1. The average molecular weight is 449 g/mol. The molecule has 0 radical (unpaired) electrons. The Balaban J connectivity index is 2.07. The van der Waals surface area contributed by atoms with Gasteiger partial charge in [0, 0.05) is 15.1 Å². The van der Waals surface area contributed by atoms with Gasteiger partial charge in [-0.05, 0) is 18.2 Å². The summed E-state index contributed by atoms with van der Waals surface area (Å²) >= 11 is 4.46. The molecule has 25 heavy (non-hydrogen) atoms. The lowest BCUT2D eigenvalue weighted by molar-refractivity contribution is -0.124. The summed E-state index contributed by atoms with van der Waals surface area (Å²) in [7, 11) is -3.18. The highest BCUT2D eigenvalue weighted by Crippen LogP contribution is 2.42. The highest BCUT2D eigenvalue weighted by atomic mass is 79.9. The van der Waals surface area contributed by atoms with E-state index in [9.17, 15) is 17.6 Å². The first kappa shape index (κ1) is 18.8. The molecule has 9 heteroatoms. The van der Waals surface area contributed by atoms with Gasteiger partial charge in [0.15, 0.2) is 15.0 Å². The molecule has 2 saturated heterocycles. The van der Waals surface area contributed by atoms with Gasteiger partial charge in [0.2, 0.25) is 0 Å². The maximum atomic E-state index is 14.5. The van der Waals surface area contributed by atoms with Crippen LogP contribution >= 0.6 is 27.7 Å². The van der Waals surface area contributed by atoms with Gasteiger partial charge < -0.3 is 4.90 Å². The van der Waals surface area contributed by atoms with Crippen LogP contribution in [0.2, 0.25) is 0 Å². The Kier molecular flexibility index (Phi) is 4.79. The number of sulfone groups is 1. The monoisotopic (exact) mass is 448 g/mol. The molecule has 0 unspecified atom stereocenters. The standard InChI is InChI=1S/C16H18BrFN2O3S2/c1-16(2,3)14(21)19-15-20(11-5-4-9(17)6-10(11)18)12-7-25(22,23)8-13(12)24-15/h4-6,12-13H,7-8H2,1-3H3/t12-,13+/m0/s1. The fourth-order valence-corrected chi connectivity index (χ4v) is 7.02. The normalized spacial score (nSPS) is 26.9. The van der Waals surface area contributed by atoms with Gasteiger partial charge >= 0.3 is 0 Å². The molecule has 0 aromatic heterocycles. The molecular formula is C16H18BrFN2O3S2. The van der Waals surface area contributed by atoms with Crippen molar-refractivity contribution in [1.82, 2.24) is 0 Å². The lowest BCUT2D eigenvalue weighted by Crippen LogP contribution is -2.38. The Labute approximate surface area is 159 Å². The van der Waals surface area contributed by atoms with Gasteiger partial charge in [0.05, 0.1) is 23.2 Å². The number of nitrogens with zero attached hydrogens (tertiary/aromatic N) is 2. The van der Waals surface area contributed by atoms with Gasteiger partial charge in [-0.2, -0.15) is 4.99 Å². The number of anilines is 1. The second-order valence-electron chi connectivity index (χ2n) is 7.22. The van der Waals surface area contributed by atoms with E-state index in [2.05, 4.69) is 20.9 Å². The van der Waals surface area contributed by atoms with Crippen LogP contribution in [0.1, 0.15) is 20.8 Å². The van der Waals surface area contributed by atoms with Crippen LogP contribution in [0.5, 0.6) is 0 Å². The van der Waals surface area contributed by atoms with Gasteiger partial charge in [-0.15, -0.1) is 0 Å². The number of aliphatic imine (C=N–C) groups is 1. The van der Waals surface area contributed by atoms with E-state index in [1.807, 2.05) is 0 Å². The number of carbonyl (C=O) groups excluding carboxylic acids is 1. The molecule has 2 aliphatic heterocycles. The Morgan fingerprint density at radius 2 is 2.04 bits per heavy atom. The topological polar surface area (TPSA) is 66.8 Å². The summed E-state index contributed by atoms with van der Waals surface area (Å²) in [5.74, 6) is -0.862. The molecule has 5 nitrogen and oxygen atoms in total. The van der Waals surface area contributed by atoms with E-state index in [0.717, 1.165) is 0 Å². The fourth-order valence-electron chi connectivity index (χ4n) is 2.78. The van der Waals surface area contributed by atoms with Crippen LogP contribution in [0.25, 0.3) is 0 Å². The number of carbonyl (C=O) groups is 1. The number of fused-ring (bicyclic) bond motifs is 1.